The minimum atomic E-state index is 0.613. The molecule has 7 rings (SSSR count). The average molecular weight is 562 g/mol. The van der Waals surface area contributed by atoms with E-state index < -0.39 is 0 Å². The Balaban J connectivity index is 1.52. The van der Waals surface area contributed by atoms with Crippen molar-refractivity contribution in [3.05, 3.63) is 113 Å². The fraction of sp³-hybridized carbons (Fsp3) is 0.167. The molecule has 0 N–H and O–H groups in total. The van der Waals surface area contributed by atoms with Crippen molar-refractivity contribution < 1.29 is 0 Å². The van der Waals surface area contributed by atoms with Crippen LogP contribution in [0.25, 0.3) is 61.4 Å². The molecule has 0 radical (unpaired) electrons. The number of para-hydroxylation sites is 1. The number of hydrogen-bond acceptors (Lipinski definition) is 6. The zero-order valence-corrected chi connectivity index (χ0v) is 25.1. The molecule has 0 atom stereocenters. The molecule has 210 valence electrons. The highest BCUT2D eigenvalue weighted by Gasteiger charge is 2.20. The normalized spacial score (nSPS) is 11.5. The highest BCUT2D eigenvalue weighted by molar-refractivity contribution is 6.11. The van der Waals surface area contributed by atoms with Crippen molar-refractivity contribution in [3.63, 3.8) is 0 Å². The smallest absolute Gasteiger partial charge is 0.165 e. The van der Waals surface area contributed by atoms with E-state index in [1.165, 1.54) is 33.0 Å². The number of aromatic nitrogens is 7. The van der Waals surface area contributed by atoms with Gasteiger partial charge in [0, 0.05) is 21.9 Å². The predicted molar refractivity (Wildman–Crippen MR) is 172 cm³/mol. The van der Waals surface area contributed by atoms with Gasteiger partial charge in [0.1, 0.15) is 23.3 Å². The number of nitrogens with zero attached hydrogens (tertiary/aromatic N) is 7. The Morgan fingerprint density at radius 3 is 1.70 bits per heavy atom. The van der Waals surface area contributed by atoms with Gasteiger partial charge in [-0.2, -0.15) is 0 Å². The lowest BCUT2D eigenvalue weighted by atomic mass is 9.99. The minimum Gasteiger partial charge on any atom is -0.309 e. The van der Waals surface area contributed by atoms with Crippen molar-refractivity contribution in [1.29, 1.82) is 0 Å². The lowest BCUT2D eigenvalue weighted by Crippen LogP contribution is -2.04. The van der Waals surface area contributed by atoms with Crippen molar-refractivity contribution in [2.24, 2.45) is 0 Å². The molecule has 0 fully saturated rings. The predicted octanol–water partition coefficient (Wildman–Crippen LogP) is 8.01. The first-order chi connectivity index (χ1) is 20.7. The number of fused-ring (bicyclic) bond motifs is 3. The van der Waals surface area contributed by atoms with Crippen molar-refractivity contribution >= 4 is 21.8 Å². The Labute approximate surface area is 250 Å². The van der Waals surface area contributed by atoms with Gasteiger partial charge in [-0.25, -0.2) is 29.9 Å². The molecule has 0 aliphatic heterocycles. The molecule has 3 heterocycles. The van der Waals surface area contributed by atoms with E-state index in [9.17, 15) is 0 Å². The standard InChI is InChI=1S/C36H31N7/c1-20-15-21(2)17-28(16-20)26-11-13-33-30(18-26)29-9-7-8-10-32(29)43(33)34-14-12-27(35-39-22(3)37-23(4)40-35)19-31(34)36-41-24(5)38-25(6)42-36/h7-19H,1-6H3. The van der Waals surface area contributed by atoms with Crippen LogP contribution in [-0.2, 0) is 0 Å². The number of rotatable bonds is 4. The van der Waals surface area contributed by atoms with E-state index in [1.54, 1.807) is 0 Å². The second-order valence-electron chi connectivity index (χ2n) is 11.2. The maximum Gasteiger partial charge on any atom is 0.165 e. The van der Waals surface area contributed by atoms with Crippen molar-refractivity contribution in [1.82, 2.24) is 34.5 Å². The highest BCUT2D eigenvalue weighted by Crippen LogP contribution is 2.38. The van der Waals surface area contributed by atoms with E-state index >= 15 is 0 Å². The Kier molecular flexibility index (Phi) is 6.31. The molecule has 4 aromatic carbocycles. The molecule has 0 bridgehead atoms. The summed E-state index contributed by atoms with van der Waals surface area (Å²) in [6, 6.07) is 28.3. The first-order valence-corrected chi connectivity index (χ1v) is 14.4. The molecule has 0 amide bonds. The summed E-state index contributed by atoms with van der Waals surface area (Å²) in [4.78, 5) is 27.7. The van der Waals surface area contributed by atoms with Gasteiger partial charge in [-0.05, 0) is 89.1 Å². The van der Waals surface area contributed by atoms with E-state index in [1.807, 2.05) is 27.7 Å². The van der Waals surface area contributed by atoms with E-state index in [4.69, 9.17) is 9.97 Å². The molecule has 0 saturated carbocycles. The quantitative estimate of drug-likeness (QED) is 0.216. The summed E-state index contributed by atoms with van der Waals surface area (Å²) in [6.45, 7) is 11.9. The molecule has 0 saturated heterocycles. The molecule has 0 unspecified atom stereocenters. The summed E-state index contributed by atoms with van der Waals surface area (Å²) >= 11 is 0. The van der Waals surface area contributed by atoms with Crippen LogP contribution in [0.3, 0.4) is 0 Å². The van der Waals surface area contributed by atoms with Crippen molar-refractivity contribution in [3.8, 4) is 39.6 Å². The van der Waals surface area contributed by atoms with Crippen LogP contribution in [0.2, 0.25) is 0 Å². The summed E-state index contributed by atoms with van der Waals surface area (Å²) in [7, 11) is 0. The van der Waals surface area contributed by atoms with Gasteiger partial charge in [0.25, 0.3) is 0 Å². The summed E-state index contributed by atoms with van der Waals surface area (Å²) in [5.41, 5.74) is 9.88. The minimum absolute atomic E-state index is 0.613. The summed E-state index contributed by atoms with van der Waals surface area (Å²) in [5, 5.41) is 2.37. The van der Waals surface area contributed by atoms with Crippen LogP contribution >= 0.6 is 0 Å². The fourth-order valence-electron chi connectivity index (χ4n) is 6.08. The lowest BCUT2D eigenvalue weighted by molar-refractivity contribution is 0.924. The molecule has 0 aliphatic rings. The summed E-state index contributed by atoms with van der Waals surface area (Å²) in [6.07, 6.45) is 0. The number of benzene rings is 4. The molecule has 0 aliphatic carbocycles. The maximum absolute atomic E-state index is 4.79. The van der Waals surface area contributed by atoms with Gasteiger partial charge in [0.05, 0.1) is 16.7 Å². The van der Waals surface area contributed by atoms with E-state index in [0.29, 0.717) is 34.9 Å². The summed E-state index contributed by atoms with van der Waals surface area (Å²) < 4.78 is 2.31. The van der Waals surface area contributed by atoms with Gasteiger partial charge >= 0.3 is 0 Å². The third-order valence-electron chi connectivity index (χ3n) is 7.68. The Bertz CT molecular complexity index is 2150. The van der Waals surface area contributed by atoms with Gasteiger partial charge in [0.15, 0.2) is 11.6 Å². The van der Waals surface area contributed by atoms with Crippen LogP contribution in [0, 0.1) is 41.5 Å². The molecule has 43 heavy (non-hydrogen) atoms. The van der Waals surface area contributed by atoms with Gasteiger partial charge in [-0.15, -0.1) is 0 Å². The zero-order valence-electron chi connectivity index (χ0n) is 25.1. The van der Waals surface area contributed by atoms with E-state index in [-0.39, 0.29) is 0 Å². The monoisotopic (exact) mass is 561 g/mol. The molecular weight excluding hydrogens is 530 g/mol. The van der Waals surface area contributed by atoms with Crippen LogP contribution in [0.1, 0.15) is 34.4 Å². The van der Waals surface area contributed by atoms with Gasteiger partial charge in [0.2, 0.25) is 0 Å². The molecule has 0 spiro atoms. The molecule has 3 aromatic heterocycles. The Morgan fingerprint density at radius 2 is 1.02 bits per heavy atom. The second kappa shape index (κ2) is 10.2. The van der Waals surface area contributed by atoms with Crippen molar-refractivity contribution in [2.75, 3.05) is 0 Å². The first kappa shape index (κ1) is 26.6. The number of aryl methyl sites for hydroxylation is 6. The zero-order chi connectivity index (χ0) is 29.8. The number of hydrogen-bond donors (Lipinski definition) is 0. The van der Waals surface area contributed by atoms with E-state index in [2.05, 4.69) is 117 Å². The van der Waals surface area contributed by atoms with Gasteiger partial charge in [-0.1, -0.05) is 53.6 Å². The molecule has 7 aromatic rings. The lowest BCUT2D eigenvalue weighted by Gasteiger charge is -2.15. The van der Waals surface area contributed by atoms with Crippen LogP contribution in [-0.4, -0.2) is 34.5 Å². The van der Waals surface area contributed by atoms with E-state index in [0.717, 1.165) is 27.8 Å². The largest absolute Gasteiger partial charge is 0.309 e. The second-order valence-corrected chi connectivity index (χ2v) is 11.2. The SMILES string of the molecule is Cc1cc(C)cc(-c2ccc3c(c2)c2ccccc2n3-c2ccc(-c3nc(C)nc(C)n3)cc2-c2nc(C)nc(C)n2)c1. The van der Waals surface area contributed by atoms with Gasteiger partial charge in [-0.3, -0.25) is 0 Å². The maximum atomic E-state index is 4.79. The Morgan fingerprint density at radius 1 is 0.442 bits per heavy atom. The molecular formula is C36H31N7. The molecule has 7 nitrogen and oxygen atoms in total. The van der Waals surface area contributed by atoms with Crippen molar-refractivity contribution in [2.45, 2.75) is 41.5 Å². The van der Waals surface area contributed by atoms with Crippen LogP contribution in [0.15, 0.2) is 78.9 Å². The fourth-order valence-corrected chi connectivity index (χ4v) is 6.08. The highest BCUT2D eigenvalue weighted by atomic mass is 15.0. The van der Waals surface area contributed by atoms with Crippen LogP contribution in [0.5, 0.6) is 0 Å². The van der Waals surface area contributed by atoms with Crippen LogP contribution < -0.4 is 0 Å². The average Bonchev–Trinajstić information content (AvgIpc) is 3.29. The topological polar surface area (TPSA) is 82.3 Å². The Hall–Kier alpha value is -5.30. The van der Waals surface area contributed by atoms with Gasteiger partial charge < -0.3 is 4.57 Å². The summed E-state index contributed by atoms with van der Waals surface area (Å²) in [5.74, 6) is 3.95. The third kappa shape index (κ3) is 4.83. The molecule has 7 heteroatoms. The third-order valence-corrected chi connectivity index (χ3v) is 7.68. The first-order valence-electron chi connectivity index (χ1n) is 14.4. The van der Waals surface area contributed by atoms with Crippen LogP contribution in [0.4, 0.5) is 0 Å².